The van der Waals surface area contributed by atoms with Crippen LogP contribution < -0.4 is 16.0 Å². The lowest BCUT2D eigenvalue weighted by atomic mass is 10.0. The first kappa shape index (κ1) is 30.8. The first-order valence-corrected chi connectivity index (χ1v) is 14.7. The number of benzene rings is 3. The lowest BCUT2D eigenvalue weighted by molar-refractivity contribution is -0.114. The summed E-state index contributed by atoms with van der Waals surface area (Å²) in [4.78, 5) is 24.2. The van der Waals surface area contributed by atoms with Crippen molar-refractivity contribution in [2.75, 3.05) is 18.4 Å². The van der Waals surface area contributed by atoms with Gasteiger partial charge >= 0.3 is 6.03 Å². The molecule has 0 saturated heterocycles. The molecule has 2 atom stereocenters. The Morgan fingerprint density at radius 2 is 1.43 bits per heavy atom. The number of hydrogen-bond donors (Lipinski definition) is 4. The number of rotatable bonds is 13. The zero-order valence-electron chi connectivity index (χ0n) is 23.1. The van der Waals surface area contributed by atoms with Crippen LogP contribution in [0.25, 0.3) is 0 Å². The van der Waals surface area contributed by atoms with Gasteiger partial charge in [-0.2, -0.15) is 4.31 Å². The number of hydrogen-bond acceptors (Lipinski definition) is 5. The van der Waals surface area contributed by atoms with E-state index in [1.165, 1.54) is 35.5 Å². The third kappa shape index (κ3) is 9.48. The third-order valence-electron chi connectivity index (χ3n) is 6.15. The van der Waals surface area contributed by atoms with E-state index in [0.29, 0.717) is 18.7 Å². The Hall–Kier alpha value is -3.73. The van der Waals surface area contributed by atoms with Gasteiger partial charge in [-0.25, -0.2) is 13.2 Å². The number of carbonyl (C=O) groups excluding carboxylic acids is 2. The maximum Gasteiger partial charge on any atom is 0.315 e. The fourth-order valence-corrected chi connectivity index (χ4v) is 5.85. The molecule has 0 radical (unpaired) electrons. The number of amides is 3. The molecule has 3 amide bonds. The standard InChI is InChI=1S/C30H38N4O5S/c1-22(2)20-34(40(38,39)27-16-14-26(15-17-27)32-23(3)35)21-29(36)28(18-24-10-6-4-7-11-24)33-30(37)31-19-25-12-8-5-9-13-25/h4-17,22,28-29,36H,18-21H2,1-3H3,(H,32,35)(H2,31,33,37)/t28-,29+/m0/s1. The number of aliphatic hydroxyl groups is 1. The summed E-state index contributed by atoms with van der Waals surface area (Å²) in [5, 5.41) is 19.6. The molecule has 9 nitrogen and oxygen atoms in total. The minimum atomic E-state index is -3.99. The number of sulfonamides is 1. The molecule has 3 aromatic rings. The van der Waals surface area contributed by atoms with Crippen LogP contribution in [-0.2, 0) is 27.8 Å². The van der Waals surface area contributed by atoms with Crippen molar-refractivity contribution in [1.82, 2.24) is 14.9 Å². The topological polar surface area (TPSA) is 128 Å². The number of nitrogens with zero attached hydrogens (tertiary/aromatic N) is 1. The van der Waals surface area contributed by atoms with Crippen molar-refractivity contribution in [3.05, 3.63) is 96.1 Å². The van der Waals surface area contributed by atoms with E-state index in [4.69, 9.17) is 0 Å². The fourth-order valence-electron chi connectivity index (χ4n) is 4.23. The Bertz CT molecular complexity index is 1330. The summed E-state index contributed by atoms with van der Waals surface area (Å²) >= 11 is 0. The van der Waals surface area contributed by atoms with Gasteiger partial charge in [-0.1, -0.05) is 74.5 Å². The van der Waals surface area contributed by atoms with Gasteiger partial charge in [0.15, 0.2) is 0 Å². The Balaban J connectivity index is 1.79. The molecule has 0 spiro atoms. The van der Waals surface area contributed by atoms with E-state index in [-0.39, 0.29) is 29.8 Å². The van der Waals surface area contributed by atoms with Crippen molar-refractivity contribution in [2.24, 2.45) is 5.92 Å². The fraction of sp³-hybridized carbons (Fsp3) is 0.333. The second-order valence-electron chi connectivity index (χ2n) is 10.1. The van der Waals surface area contributed by atoms with E-state index in [1.807, 2.05) is 74.5 Å². The Labute approximate surface area is 236 Å². The summed E-state index contributed by atoms with van der Waals surface area (Å²) in [5.41, 5.74) is 2.30. The van der Waals surface area contributed by atoms with Crippen LogP contribution >= 0.6 is 0 Å². The highest BCUT2D eigenvalue weighted by molar-refractivity contribution is 7.89. The van der Waals surface area contributed by atoms with Crippen LogP contribution in [0, 0.1) is 5.92 Å². The summed E-state index contributed by atoms with van der Waals surface area (Å²) < 4.78 is 28.5. The van der Waals surface area contributed by atoms with Gasteiger partial charge in [0, 0.05) is 32.2 Å². The van der Waals surface area contributed by atoms with E-state index in [1.54, 1.807) is 0 Å². The molecule has 0 aliphatic carbocycles. The largest absolute Gasteiger partial charge is 0.390 e. The Morgan fingerprint density at radius 3 is 1.98 bits per heavy atom. The van der Waals surface area contributed by atoms with E-state index in [2.05, 4.69) is 16.0 Å². The van der Waals surface area contributed by atoms with E-state index in [9.17, 15) is 23.1 Å². The minimum absolute atomic E-state index is 0.0182. The third-order valence-corrected chi connectivity index (χ3v) is 7.99. The smallest absolute Gasteiger partial charge is 0.315 e. The van der Waals surface area contributed by atoms with Gasteiger partial charge in [0.25, 0.3) is 0 Å². The highest BCUT2D eigenvalue weighted by atomic mass is 32.2. The van der Waals surface area contributed by atoms with Crippen molar-refractivity contribution >= 4 is 27.6 Å². The normalized spacial score (nSPS) is 13.1. The summed E-state index contributed by atoms with van der Waals surface area (Å²) in [6.45, 7) is 5.42. The van der Waals surface area contributed by atoms with Gasteiger partial charge in [-0.3, -0.25) is 4.79 Å². The number of anilines is 1. The molecule has 0 aliphatic heterocycles. The zero-order chi connectivity index (χ0) is 29.1. The van der Waals surface area contributed by atoms with Crippen molar-refractivity contribution in [3.63, 3.8) is 0 Å². The van der Waals surface area contributed by atoms with Crippen LogP contribution in [-0.4, -0.2) is 55.0 Å². The average Bonchev–Trinajstić information content (AvgIpc) is 2.92. The molecule has 0 bridgehead atoms. The summed E-state index contributed by atoms with van der Waals surface area (Å²) in [6, 6.07) is 23.5. The predicted molar refractivity (Wildman–Crippen MR) is 156 cm³/mol. The highest BCUT2D eigenvalue weighted by Crippen LogP contribution is 2.21. The maximum atomic E-state index is 13.6. The van der Waals surface area contributed by atoms with Crippen molar-refractivity contribution < 1.29 is 23.1 Å². The molecule has 0 unspecified atom stereocenters. The number of carbonyl (C=O) groups is 2. The molecule has 3 rings (SSSR count). The van der Waals surface area contributed by atoms with Gasteiger partial charge in [-0.15, -0.1) is 0 Å². The molecule has 4 N–H and O–H groups in total. The molecule has 10 heteroatoms. The lowest BCUT2D eigenvalue weighted by Crippen LogP contribution is -2.53. The van der Waals surface area contributed by atoms with E-state index in [0.717, 1.165) is 11.1 Å². The SMILES string of the molecule is CC(=O)Nc1ccc(S(=O)(=O)N(CC(C)C)C[C@@H](O)[C@H](Cc2ccccc2)NC(=O)NCc2ccccc2)cc1. The van der Waals surface area contributed by atoms with Gasteiger partial charge in [0.2, 0.25) is 15.9 Å². The minimum Gasteiger partial charge on any atom is -0.390 e. The van der Waals surface area contributed by atoms with E-state index >= 15 is 0 Å². The van der Waals surface area contributed by atoms with Crippen LogP contribution in [0.1, 0.15) is 31.9 Å². The number of aliphatic hydroxyl groups excluding tert-OH is 1. The molecule has 0 saturated carbocycles. The monoisotopic (exact) mass is 566 g/mol. The molecule has 214 valence electrons. The highest BCUT2D eigenvalue weighted by Gasteiger charge is 2.31. The van der Waals surface area contributed by atoms with Crippen molar-refractivity contribution in [1.29, 1.82) is 0 Å². The quantitative estimate of drug-likeness (QED) is 0.251. The molecule has 0 aliphatic rings. The van der Waals surface area contributed by atoms with Crippen LogP contribution in [0.15, 0.2) is 89.8 Å². The summed E-state index contributed by atoms with van der Waals surface area (Å²) in [6.07, 6.45) is -0.892. The summed E-state index contributed by atoms with van der Waals surface area (Å²) in [7, 11) is -3.99. The molecular weight excluding hydrogens is 528 g/mol. The van der Waals surface area contributed by atoms with Crippen LogP contribution in [0.2, 0.25) is 0 Å². The molecule has 0 aromatic heterocycles. The molecule has 0 heterocycles. The maximum absolute atomic E-state index is 13.6. The zero-order valence-corrected chi connectivity index (χ0v) is 23.9. The second-order valence-corrected chi connectivity index (χ2v) is 12.0. The lowest BCUT2D eigenvalue weighted by Gasteiger charge is -2.30. The number of nitrogens with one attached hydrogen (secondary N) is 3. The Kier molecular flexibility index (Phi) is 11.2. The molecule has 0 fully saturated rings. The average molecular weight is 567 g/mol. The molecule has 3 aromatic carbocycles. The number of urea groups is 1. The van der Waals surface area contributed by atoms with Crippen LogP contribution in [0.5, 0.6) is 0 Å². The van der Waals surface area contributed by atoms with Crippen LogP contribution in [0.3, 0.4) is 0 Å². The van der Waals surface area contributed by atoms with E-state index < -0.39 is 28.2 Å². The second kappa shape index (κ2) is 14.6. The molecular formula is C30H38N4O5S. The van der Waals surface area contributed by atoms with Crippen LogP contribution in [0.4, 0.5) is 10.5 Å². The first-order chi connectivity index (χ1) is 19.0. The van der Waals surface area contributed by atoms with Crippen molar-refractivity contribution in [3.8, 4) is 0 Å². The first-order valence-electron chi connectivity index (χ1n) is 13.2. The van der Waals surface area contributed by atoms with Gasteiger partial charge in [0.1, 0.15) is 0 Å². The Morgan fingerprint density at radius 1 is 0.850 bits per heavy atom. The predicted octanol–water partition coefficient (Wildman–Crippen LogP) is 3.76. The van der Waals surface area contributed by atoms with Gasteiger partial charge < -0.3 is 21.1 Å². The molecule has 40 heavy (non-hydrogen) atoms. The van der Waals surface area contributed by atoms with Gasteiger partial charge in [-0.05, 0) is 47.7 Å². The van der Waals surface area contributed by atoms with Gasteiger partial charge in [0.05, 0.1) is 17.0 Å². The van der Waals surface area contributed by atoms with Crippen molar-refractivity contribution in [2.45, 2.75) is 50.8 Å². The summed E-state index contributed by atoms with van der Waals surface area (Å²) in [5.74, 6) is -0.278.